The van der Waals surface area contributed by atoms with Gasteiger partial charge >= 0.3 is 5.97 Å². The van der Waals surface area contributed by atoms with Crippen LogP contribution in [0, 0.1) is 0 Å². The Morgan fingerprint density at radius 3 is 2.64 bits per heavy atom. The summed E-state index contributed by atoms with van der Waals surface area (Å²) in [6.45, 7) is 0. The number of nitrogens with zero attached hydrogens (tertiary/aromatic N) is 3. The molecule has 0 amide bonds. The minimum atomic E-state index is -0.527. The van der Waals surface area contributed by atoms with E-state index >= 15 is 0 Å². The predicted octanol–water partition coefficient (Wildman–Crippen LogP) is -0.0886. The Kier molecular flexibility index (Phi) is 2.85. The summed E-state index contributed by atoms with van der Waals surface area (Å²) in [5.41, 5.74) is 6.20. The fourth-order valence-electron chi connectivity index (χ4n) is 0.979. The summed E-state index contributed by atoms with van der Waals surface area (Å²) in [7, 11) is 4.85. The number of hydrogen-bond acceptors (Lipinski definition) is 6. The second-order valence-corrected chi connectivity index (χ2v) is 2.89. The molecule has 0 bridgehead atoms. The normalized spacial score (nSPS) is 9.64. The molecule has 1 aromatic heterocycles. The van der Waals surface area contributed by atoms with Crippen molar-refractivity contribution >= 4 is 17.5 Å². The lowest BCUT2D eigenvalue weighted by Crippen LogP contribution is -2.17. The van der Waals surface area contributed by atoms with E-state index in [-0.39, 0.29) is 11.5 Å². The number of methoxy groups -OCH3 is 1. The molecule has 0 atom stereocenters. The minimum absolute atomic E-state index is 0.159. The van der Waals surface area contributed by atoms with Crippen LogP contribution >= 0.6 is 0 Å². The highest BCUT2D eigenvalue weighted by molar-refractivity contribution is 5.93. The topological polar surface area (TPSA) is 81.3 Å². The van der Waals surface area contributed by atoms with E-state index in [1.807, 2.05) is 0 Å². The van der Waals surface area contributed by atoms with Gasteiger partial charge in [0.15, 0.2) is 5.69 Å². The maximum atomic E-state index is 11.3. The Morgan fingerprint density at radius 2 is 2.14 bits per heavy atom. The van der Waals surface area contributed by atoms with Gasteiger partial charge in [0, 0.05) is 20.2 Å². The number of carbonyl (C=O) groups is 1. The first kappa shape index (κ1) is 10.2. The minimum Gasteiger partial charge on any atom is -0.464 e. The van der Waals surface area contributed by atoms with E-state index in [1.165, 1.54) is 7.11 Å². The molecule has 0 radical (unpaired) electrons. The molecule has 0 aromatic carbocycles. The maximum absolute atomic E-state index is 11.3. The SMILES string of the molecule is COC(=O)c1nnc(N)cc1N(C)C. The number of esters is 1. The van der Waals surface area contributed by atoms with Crippen LogP contribution in [-0.4, -0.2) is 37.4 Å². The van der Waals surface area contributed by atoms with Crippen molar-refractivity contribution in [2.24, 2.45) is 0 Å². The van der Waals surface area contributed by atoms with Crippen molar-refractivity contribution in [1.29, 1.82) is 0 Å². The third kappa shape index (κ3) is 1.90. The molecule has 0 saturated heterocycles. The number of hydrogen-bond donors (Lipinski definition) is 1. The second-order valence-electron chi connectivity index (χ2n) is 2.89. The molecule has 0 aliphatic carbocycles. The van der Waals surface area contributed by atoms with Crippen LogP contribution in [0.4, 0.5) is 11.5 Å². The largest absolute Gasteiger partial charge is 0.464 e. The highest BCUT2D eigenvalue weighted by Crippen LogP contribution is 2.17. The van der Waals surface area contributed by atoms with Gasteiger partial charge in [-0.2, -0.15) is 0 Å². The van der Waals surface area contributed by atoms with Crippen LogP contribution < -0.4 is 10.6 Å². The van der Waals surface area contributed by atoms with Crippen molar-refractivity contribution in [3.8, 4) is 0 Å². The molecule has 1 heterocycles. The number of carbonyl (C=O) groups excluding carboxylic acids is 1. The molecular formula is C8H12N4O2. The van der Waals surface area contributed by atoms with E-state index in [4.69, 9.17) is 5.73 Å². The molecule has 2 N–H and O–H groups in total. The van der Waals surface area contributed by atoms with Crippen LogP contribution in [0.15, 0.2) is 6.07 Å². The van der Waals surface area contributed by atoms with Crippen LogP contribution in [0.25, 0.3) is 0 Å². The molecule has 0 aliphatic heterocycles. The quantitative estimate of drug-likeness (QED) is 0.666. The average molecular weight is 196 g/mol. The molecule has 0 unspecified atom stereocenters. The molecule has 6 heteroatoms. The van der Waals surface area contributed by atoms with Gasteiger partial charge in [0.05, 0.1) is 12.8 Å². The van der Waals surface area contributed by atoms with Gasteiger partial charge in [0.2, 0.25) is 0 Å². The Balaban J connectivity index is 3.21. The maximum Gasteiger partial charge on any atom is 0.360 e. The first-order valence-corrected chi connectivity index (χ1v) is 3.95. The summed E-state index contributed by atoms with van der Waals surface area (Å²) < 4.78 is 4.56. The van der Waals surface area contributed by atoms with Crippen LogP contribution in [0.2, 0.25) is 0 Å². The molecule has 1 rings (SSSR count). The van der Waals surface area contributed by atoms with Crippen LogP contribution in [0.3, 0.4) is 0 Å². The molecule has 0 saturated carbocycles. The standard InChI is InChI=1S/C8H12N4O2/c1-12(2)5-4-6(9)10-11-7(5)8(13)14-3/h4H,1-3H3,(H2,9,10). The molecule has 76 valence electrons. The van der Waals surface area contributed by atoms with E-state index in [0.717, 1.165) is 0 Å². The summed E-state index contributed by atoms with van der Waals surface area (Å²) >= 11 is 0. The Bertz CT molecular complexity index is 351. The number of aromatic nitrogens is 2. The second kappa shape index (κ2) is 3.91. The lowest BCUT2D eigenvalue weighted by molar-refractivity contribution is 0.0593. The fraction of sp³-hybridized carbons (Fsp3) is 0.375. The van der Waals surface area contributed by atoms with Crippen LogP contribution in [-0.2, 0) is 4.74 Å². The van der Waals surface area contributed by atoms with Gasteiger partial charge in [0.1, 0.15) is 5.82 Å². The van der Waals surface area contributed by atoms with Gasteiger partial charge in [-0.25, -0.2) is 4.79 Å². The summed E-state index contributed by atoms with van der Waals surface area (Å²) in [5, 5.41) is 7.27. The van der Waals surface area contributed by atoms with Gasteiger partial charge in [-0.1, -0.05) is 0 Å². The predicted molar refractivity (Wildman–Crippen MR) is 52.1 cm³/mol. The number of rotatable bonds is 2. The van der Waals surface area contributed by atoms with Crippen molar-refractivity contribution in [3.63, 3.8) is 0 Å². The molecule has 0 fully saturated rings. The van der Waals surface area contributed by atoms with E-state index in [2.05, 4.69) is 14.9 Å². The van der Waals surface area contributed by atoms with E-state index < -0.39 is 5.97 Å². The molecule has 14 heavy (non-hydrogen) atoms. The number of anilines is 2. The lowest BCUT2D eigenvalue weighted by atomic mass is 10.3. The van der Waals surface area contributed by atoms with Crippen molar-refractivity contribution in [2.45, 2.75) is 0 Å². The van der Waals surface area contributed by atoms with Gasteiger partial charge < -0.3 is 15.4 Å². The summed E-state index contributed by atoms with van der Waals surface area (Å²) in [6.07, 6.45) is 0. The zero-order valence-corrected chi connectivity index (χ0v) is 8.31. The van der Waals surface area contributed by atoms with Crippen LogP contribution in [0.1, 0.15) is 10.5 Å². The van der Waals surface area contributed by atoms with Crippen molar-refractivity contribution in [2.75, 3.05) is 31.8 Å². The number of ether oxygens (including phenoxy) is 1. The third-order valence-corrected chi connectivity index (χ3v) is 1.65. The molecule has 0 aliphatic rings. The Hall–Kier alpha value is -1.85. The lowest BCUT2D eigenvalue weighted by Gasteiger charge is -2.14. The van der Waals surface area contributed by atoms with E-state index in [9.17, 15) is 4.79 Å². The summed E-state index contributed by atoms with van der Waals surface area (Å²) in [6, 6.07) is 1.57. The number of nitrogen functional groups attached to an aromatic ring is 1. The Morgan fingerprint density at radius 1 is 1.50 bits per heavy atom. The summed E-state index contributed by atoms with van der Waals surface area (Å²) in [5.74, 6) is -0.262. The van der Waals surface area contributed by atoms with Gasteiger partial charge in [-0.15, -0.1) is 10.2 Å². The molecule has 6 nitrogen and oxygen atoms in total. The van der Waals surface area contributed by atoms with E-state index in [0.29, 0.717) is 5.69 Å². The van der Waals surface area contributed by atoms with Gasteiger partial charge in [-0.05, 0) is 0 Å². The first-order chi connectivity index (χ1) is 6.56. The molecule has 0 spiro atoms. The zero-order chi connectivity index (χ0) is 10.7. The average Bonchev–Trinajstić information content (AvgIpc) is 2.16. The highest BCUT2D eigenvalue weighted by Gasteiger charge is 2.16. The molecule has 1 aromatic rings. The third-order valence-electron chi connectivity index (χ3n) is 1.65. The monoisotopic (exact) mass is 196 g/mol. The first-order valence-electron chi connectivity index (χ1n) is 3.95. The van der Waals surface area contributed by atoms with Crippen molar-refractivity contribution < 1.29 is 9.53 Å². The van der Waals surface area contributed by atoms with Crippen LogP contribution in [0.5, 0.6) is 0 Å². The van der Waals surface area contributed by atoms with Gasteiger partial charge in [0.25, 0.3) is 0 Å². The summed E-state index contributed by atoms with van der Waals surface area (Å²) in [4.78, 5) is 13.0. The van der Waals surface area contributed by atoms with E-state index in [1.54, 1.807) is 25.1 Å². The number of nitrogens with two attached hydrogens (primary N) is 1. The zero-order valence-electron chi connectivity index (χ0n) is 8.31. The smallest absolute Gasteiger partial charge is 0.360 e. The van der Waals surface area contributed by atoms with Crippen molar-refractivity contribution in [3.05, 3.63) is 11.8 Å². The van der Waals surface area contributed by atoms with Gasteiger partial charge in [-0.3, -0.25) is 0 Å². The van der Waals surface area contributed by atoms with Crippen molar-refractivity contribution in [1.82, 2.24) is 10.2 Å². The fourth-order valence-corrected chi connectivity index (χ4v) is 0.979. The highest BCUT2D eigenvalue weighted by atomic mass is 16.5. The Labute approximate surface area is 81.7 Å². The molecular weight excluding hydrogens is 184 g/mol.